The number of amides is 1. The van der Waals surface area contributed by atoms with Crippen LogP contribution in [0, 0.1) is 0 Å². The Labute approximate surface area is 190 Å². The van der Waals surface area contributed by atoms with E-state index in [-0.39, 0.29) is 5.91 Å². The number of aromatic nitrogens is 1. The molecule has 2 aromatic heterocycles. The van der Waals surface area contributed by atoms with Gasteiger partial charge in [0.2, 0.25) is 0 Å². The van der Waals surface area contributed by atoms with Crippen molar-refractivity contribution in [2.45, 2.75) is 13.0 Å². The molecule has 0 unspecified atom stereocenters. The second-order valence-electron chi connectivity index (χ2n) is 7.48. The molecule has 158 valence electrons. The van der Waals surface area contributed by atoms with Gasteiger partial charge in [-0.1, -0.05) is 48.5 Å². The molecule has 0 aliphatic rings. The summed E-state index contributed by atoms with van der Waals surface area (Å²) in [6.45, 7) is 0.747. The lowest BCUT2D eigenvalue weighted by Gasteiger charge is -2.12. The number of rotatable bonds is 7. The molecule has 0 radical (unpaired) electrons. The van der Waals surface area contributed by atoms with Crippen LogP contribution in [0.15, 0.2) is 102 Å². The van der Waals surface area contributed by atoms with Crippen molar-refractivity contribution in [3.05, 3.63) is 114 Å². The Morgan fingerprint density at radius 1 is 0.844 bits per heavy atom. The number of para-hydroxylation sites is 1. The zero-order valence-corrected chi connectivity index (χ0v) is 18.2. The number of thiophene rings is 1. The van der Waals surface area contributed by atoms with Gasteiger partial charge in [0.05, 0.1) is 10.2 Å². The number of nitrogens with zero attached hydrogens (tertiary/aromatic N) is 1. The van der Waals surface area contributed by atoms with E-state index in [1.54, 1.807) is 11.3 Å². The first-order chi connectivity index (χ1) is 15.8. The number of carbonyl (C=O) groups excluding carboxylic acids is 1. The molecule has 5 rings (SSSR count). The largest absolute Gasteiger partial charge is 0.457 e. The molecule has 4 nitrogen and oxygen atoms in total. The van der Waals surface area contributed by atoms with Crippen molar-refractivity contribution in [3.8, 4) is 11.5 Å². The summed E-state index contributed by atoms with van der Waals surface area (Å²) in [5, 5.41) is 5.09. The van der Waals surface area contributed by atoms with Crippen LogP contribution < -0.4 is 10.1 Å². The molecule has 0 bridgehead atoms. The van der Waals surface area contributed by atoms with Crippen LogP contribution in [0.4, 0.5) is 5.69 Å². The van der Waals surface area contributed by atoms with Crippen molar-refractivity contribution in [1.82, 2.24) is 4.57 Å². The van der Waals surface area contributed by atoms with Crippen LogP contribution in [0.2, 0.25) is 0 Å². The maximum atomic E-state index is 13.1. The molecule has 5 aromatic rings. The maximum absolute atomic E-state index is 13.1. The van der Waals surface area contributed by atoms with Crippen LogP contribution in [0.3, 0.4) is 0 Å². The van der Waals surface area contributed by atoms with Crippen molar-refractivity contribution in [2.24, 2.45) is 0 Å². The third kappa shape index (κ3) is 4.43. The average Bonchev–Trinajstić information content (AvgIpc) is 3.42. The summed E-state index contributed by atoms with van der Waals surface area (Å²) in [6, 6.07) is 31.5. The highest BCUT2D eigenvalue weighted by Gasteiger charge is 2.17. The zero-order chi connectivity index (χ0) is 21.8. The Balaban J connectivity index is 1.32. The Hall–Kier alpha value is -3.83. The number of nitrogens with one attached hydrogen (secondary N) is 1. The normalized spacial score (nSPS) is 10.9. The summed E-state index contributed by atoms with van der Waals surface area (Å²) >= 11 is 1.65. The van der Waals surface area contributed by atoms with Crippen LogP contribution in [0.25, 0.3) is 10.2 Å². The van der Waals surface area contributed by atoms with E-state index in [2.05, 4.69) is 33.5 Å². The number of ether oxygens (including phenoxy) is 1. The summed E-state index contributed by atoms with van der Waals surface area (Å²) in [5.74, 6) is 1.39. The smallest absolute Gasteiger partial charge is 0.272 e. The van der Waals surface area contributed by atoms with E-state index >= 15 is 0 Å². The van der Waals surface area contributed by atoms with Gasteiger partial charge in [-0.25, -0.2) is 0 Å². The minimum atomic E-state index is -0.113. The first-order valence-electron chi connectivity index (χ1n) is 10.5. The second kappa shape index (κ2) is 9.12. The number of anilines is 1. The van der Waals surface area contributed by atoms with Gasteiger partial charge in [-0.3, -0.25) is 4.79 Å². The van der Waals surface area contributed by atoms with Crippen LogP contribution in [0.1, 0.15) is 16.1 Å². The third-order valence-electron chi connectivity index (χ3n) is 5.31. The lowest BCUT2D eigenvalue weighted by molar-refractivity contribution is 0.101. The van der Waals surface area contributed by atoms with E-state index in [4.69, 9.17) is 4.74 Å². The Bertz CT molecular complexity index is 1320. The lowest BCUT2D eigenvalue weighted by atomic mass is 10.1. The fraction of sp³-hybridized carbons (Fsp3) is 0.0741. The quantitative estimate of drug-likeness (QED) is 0.298. The molecule has 0 aliphatic heterocycles. The van der Waals surface area contributed by atoms with Crippen LogP contribution in [-0.4, -0.2) is 10.5 Å². The maximum Gasteiger partial charge on any atom is 0.272 e. The molecule has 0 saturated heterocycles. The molecule has 32 heavy (non-hydrogen) atoms. The van der Waals surface area contributed by atoms with Crippen molar-refractivity contribution in [2.75, 3.05) is 5.32 Å². The van der Waals surface area contributed by atoms with E-state index < -0.39 is 0 Å². The molecule has 1 amide bonds. The number of benzene rings is 3. The zero-order valence-electron chi connectivity index (χ0n) is 17.4. The molecule has 0 atom stereocenters. The summed E-state index contributed by atoms with van der Waals surface area (Å²) in [4.78, 5) is 13.1. The van der Waals surface area contributed by atoms with Gasteiger partial charge in [-0.2, -0.15) is 0 Å². The van der Waals surface area contributed by atoms with Gasteiger partial charge in [-0.05, 0) is 65.9 Å². The number of hydrogen-bond donors (Lipinski definition) is 1. The molecule has 0 spiro atoms. The number of fused-ring (bicyclic) bond motifs is 1. The van der Waals surface area contributed by atoms with Crippen LogP contribution in [-0.2, 0) is 13.0 Å². The fourth-order valence-corrected chi connectivity index (χ4v) is 4.54. The average molecular weight is 439 g/mol. The highest BCUT2D eigenvalue weighted by atomic mass is 32.1. The van der Waals surface area contributed by atoms with Crippen LogP contribution >= 0.6 is 11.3 Å². The molecular weight excluding hydrogens is 416 g/mol. The molecule has 0 fully saturated rings. The molecule has 5 heteroatoms. The van der Waals surface area contributed by atoms with Gasteiger partial charge in [0.15, 0.2) is 0 Å². The van der Waals surface area contributed by atoms with Crippen molar-refractivity contribution in [3.63, 3.8) is 0 Å². The Morgan fingerprint density at radius 2 is 1.53 bits per heavy atom. The monoisotopic (exact) mass is 438 g/mol. The first kappa shape index (κ1) is 20.1. The summed E-state index contributed by atoms with van der Waals surface area (Å²) in [5.41, 5.74) is 3.76. The fourth-order valence-electron chi connectivity index (χ4n) is 3.72. The standard InChI is InChI=1S/C27H22N2O2S/c30-27(28-21-11-13-23(14-12-21)31-22-9-5-2-6-10-22)25-19-26-24(16-18-32-26)29(25)17-15-20-7-3-1-4-8-20/h1-14,16,18-19H,15,17H2,(H,28,30). The van der Waals surface area contributed by atoms with E-state index in [9.17, 15) is 4.79 Å². The van der Waals surface area contributed by atoms with Gasteiger partial charge in [0.1, 0.15) is 17.2 Å². The Kier molecular flexibility index (Phi) is 5.73. The van der Waals surface area contributed by atoms with Crippen molar-refractivity contribution in [1.29, 1.82) is 0 Å². The first-order valence-corrected chi connectivity index (χ1v) is 11.4. The van der Waals surface area contributed by atoms with Crippen LogP contribution in [0.5, 0.6) is 11.5 Å². The number of aryl methyl sites for hydroxylation is 2. The van der Waals surface area contributed by atoms with Crippen molar-refractivity contribution >= 4 is 33.1 Å². The topological polar surface area (TPSA) is 43.3 Å². The van der Waals surface area contributed by atoms with E-state index in [0.29, 0.717) is 5.69 Å². The van der Waals surface area contributed by atoms with Crippen molar-refractivity contribution < 1.29 is 9.53 Å². The van der Waals surface area contributed by atoms with Gasteiger partial charge < -0.3 is 14.6 Å². The molecule has 1 N–H and O–H groups in total. The predicted molar refractivity (Wildman–Crippen MR) is 131 cm³/mol. The third-order valence-corrected chi connectivity index (χ3v) is 6.17. The SMILES string of the molecule is O=C(Nc1ccc(Oc2ccccc2)cc1)c1cc2sccc2n1CCc1ccccc1. The molecule has 2 heterocycles. The second-order valence-corrected chi connectivity index (χ2v) is 8.43. The lowest BCUT2D eigenvalue weighted by Crippen LogP contribution is -2.17. The summed E-state index contributed by atoms with van der Waals surface area (Å²) in [6.07, 6.45) is 0.867. The van der Waals surface area contributed by atoms with E-state index in [1.165, 1.54) is 5.56 Å². The molecular formula is C27H22N2O2S. The minimum Gasteiger partial charge on any atom is -0.457 e. The highest BCUT2D eigenvalue weighted by molar-refractivity contribution is 7.17. The molecule has 0 aliphatic carbocycles. The Morgan fingerprint density at radius 3 is 2.28 bits per heavy atom. The van der Waals surface area contributed by atoms with Gasteiger partial charge in [0, 0.05) is 12.2 Å². The number of carbonyl (C=O) groups is 1. The van der Waals surface area contributed by atoms with Gasteiger partial charge in [-0.15, -0.1) is 11.3 Å². The van der Waals surface area contributed by atoms with Gasteiger partial charge >= 0.3 is 0 Å². The van der Waals surface area contributed by atoms with Gasteiger partial charge in [0.25, 0.3) is 5.91 Å². The molecule has 3 aromatic carbocycles. The summed E-state index contributed by atoms with van der Waals surface area (Å²) in [7, 11) is 0. The summed E-state index contributed by atoms with van der Waals surface area (Å²) < 4.78 is 9.06. The van der Waals surface area contributed by atoms with E-state index in [1.807, 2.05) is 78.9 Å². The van der Waals surface area contributed by atoms with E-state index in [0.717, 1.165) is 40.4 Å². The predicted octanol–water partition coefficient (Wildman–Crippen LogP) is 6.99. The highest BCUT2D eigenvalue weighted by Crippen LogP contribution is 2.27. The molecule has 0 saturated carbocycles. The minimum absolute atomic E-state index is 0.113. The number of hydrogen-bond acceptors (Lipinski definition) is 3.